The Morgan fingerprint density at radius 1 is 1.53 bits per heavy atom. The largest absolute Gasteiger partial charge is 0.390 e. The Hall–Kier alpha value is -1.93. The van der Waals surface area contributed by atoms with E-state index < -0.39 is 18.0 Å². The van der Waals surface area contributed by atoms with Crippen LogP contribution in [0.4, 0.5) is 0 Å². The number of carbonyl (C=O) groups excluding carboxylic acids is 2. The van der Waals surface area contributed by atoms with E-state index in [0.29, 0.717) is 18.7 Å². The van der Waals surface area contributed by atoms with Gasteiger partial charge in [-0.25, -0.2) is 9.78 Å². The van der Waals surface area contributed by atoms with Crippen LogP contribution in [0.2, 0.25) is 0 Å². The normalized spacial score (nSPS) is 20.0. The summed E-state index contributed by atoms with van der Waals surface area (Å²) in [6.45, 7) is 0.350. The number of hydrogen-bond acceptors (Lipinski definition) is 7. The summed E-state index contributed by atoms with van der Waals surface area (Å²) in [6.07, 6.45) is 1.63. The molecule has 1 aliphatic heterocycles. The third kappa shape index (κ3) is 2.27. The van der Waals surface area contributed by atoms with Gasteiger partial charge in [-0.05, 0) is 6.54 Å². The molecule has 92 valence electrons. The second kappa shape index (κ2) is 4.52. The Morgan fingerprint density at radius 3 is 3.00 bits per heavy atom. The number of aromatic nitrogens is 2. The number of esters is 1. The highest BCUT2D eigenvalue weighted by Crippen LogP contribution is 2.15. The Labute approximate surface area is 96.4 Å². The summed E-state index contributed by atoms with van der Waals surface area (Å²) < 4.78 is 5.95. The third-order valence-electron chi connectivity index (χ3n) is 2.23. The maximum atomic E-state index is 11.5. The fraction of sp³-hybridized carbons (Fsp3) is 0.444. The zero-order valence-corrected chi connectivity index (χ0v) is 8.96. The van der Waals surface area contributed by atoms with Gasteiger partial charge in [-0.2, -0.15) is 0 Å². The van der Waals surface area contributed by atoms with E-state index in [9.17, 15) is 9.59 Å². The molecule has 1 aromatic heterocycles. The van der Waals surface area contributed by atoms with E-state index in [0.717, 1.165) is 4.73 Å². The van der Waals surface area contributed by atoms with Crippen LogP contribution in [0.5, 0.6) is 6.01 Å². The maximum absolute atomic E-state index is 11.5. The van der Waals surface area contributed by atoms with Gasteiger partial charge in [0.1, 0.15) is 6.04 Å². The van der Waals surface area contributed by atoms with Crippen LogP contribution in [0.1, 0.15) is 12.1 Å². The minimum atomic E-state index is -1.04. The first kappa shape index (κ1) is 11.6. The molecule has 4 N–H and O–H groups in total. The van der Waals surface area contributed by atoms with E-state index in [2.05, 4.69) is 4.98 Å². The number of fused-ring (bicyclic) bond motifs is 1. The smallest absolute Gasteiger partial charge is 0.350 e. The number of nitrogens with two attached hydrogens (primary N) is 2. The summed E-state index contributed by atoms with van der Waals surface area (Å²) in [7, 11) is 0. The average Bonchev–Trinajstić information content (AvgIpc) is 2.61. The monoisotopic (exact) mass is 240 g/mol. The van der Waals surface area contributed by atoms with E-state index in [-0.39, 0.29) is 12.4 Å². The Balaban J connectivity index is 2.35. The topological polar surface area (TPSA) is 122 Å². The van der Waals surface area contributed by atoms with Crippen LogP contribution < -0.4 is 21.0 Å². The van der Waals surface area contributed by atoms with Crippen LogP contribution in [0, 0.1) is 0 Å². The number of carbonyl (C=O) groups is 2. The van der Waals surface area contributed by atoms with Gasteiger partial charge in [0, 0.05) is 6.42 Å². The molecule has 0 aliphatic carbocycles. The molecule has 0 radical (unpaired) electrons. The van der Waals surface area contributed by atoms with Gasteiger partial charge >= 0.3 is 17.9 Å². The lowest BCUT2D eigenvalue weighted by molar-refractivity contribution is -0.154. The first-order valence-electron chi connectivity index (χ1n) is 5.07. The summed E-state index contributed by atoms with van der Waals surface area (Å²) in [5.41, 5.74) is 11.4. The minimum Gasteiger partial charge on any atom is -0.390 e. The van der Waals surface area contributed by atoms with Crippen molar-refractivity contribution in [1.82, 2.24) is 9.71 Å². The molecule has 2 heterocycles. The van der Waals surface area contributed by atoms with Crippen molar-refractivity contribution in [3.05, 3.63) is 11.9 Å². The third-order valence-corrected chi connectivity index (χ3v) is 2.23. The Bertz CT molecular complexity index is 456. The van der Waals surface area contributed by atoms with Crippen LogP contribution in [0.15, 0.2) is 6.20 Å². The number of nitrogens with zero attached hydrogens (tertiary/aromatic N) is 2. The molecule has 0 fully saturated rings. The molecule has 1 unspecified atom stereocenters. The molecule has 17 heavy (non-hydrogen) atoms. The first-order valence-corrected chi connectivity index (χ1v) is 5.07. The second-order valence-corrected chi connectivity index (χ2v) is 3.56. The lowest BCUT2D eigenvalue weighted by Crippen LogP contribution is -2.42. The predicted octanol–water partition coefficient (Wildman–Crippen LogP) is -2.02. The quantitative estimate of drug-likeness (QED) is 0.572. The molecular formula is C9H12N4O4. The van der Waals surface area contributed by atoms with Crippen molar-refractivity contribution in [2.45, 2.75) is 18.9 Å². The molecule has 8 nitrogen and oxygen atoms in total. The summed E-state index contributed by atoms with van der Waals surface area (Å²) in [6, 6.07) is -1.12. The van der Waals surface area contributed by atoms with E-state index in [1.807, 2.05) is 0 Å². The van der Waals surface area contributed by atoms with Crippen LogP contribution in [-0.4, -0.2) is 34.2 Å². The van der Waals surface area contributed by atoms with E-state index in [1.165, 1.54) is 6.20 Å². The lowest BCUT2D eigenvalue weighted by atomic mass is 10.2. The zero-order valence-electron chi connectivity index (χ0n) is 8.96. The molecule has 2 rings (SSSR count). The average molecular weight is 240 g/mol. The van der Waals surface area contributed by atoms with Crippen LogP contribution >= 0.6 is 0 Å². The summed E-state index contributed by atoms with van der Waals surface area (Å²) in [5, 5.41) is 0. The van der Waals surface area contributed by atoms with E-state index in [1.54, 1.807) is 0 Å². The Morgan fingerprint density at radius 2 is 2.29 bits per heavy atom. The molecule has 1 atom stereocenters. The molecule has 0 spiro atoms. The van der Waals surface area contributed by atoms with Crippen molar-refractivity contribution < 1.29 is 19.2 Å². The van der Waals surface area contributed by atoms with Crippen molar-refractivity contribution in [3.8, 4) is 6.01 Å². The molecule has 1 aromatic rings. The highest BCUT2D eigenvalue weighted by atomic mass is 16.7. The SMILES string of the molecule is NCCc1cnc2n1OC(=O)C(N)CC(=O)O2. The molecule has 0 saturated heterocycles. The maximum Gasteiger partial charge on any atom is 0.350 e. The number of imidazole rings is 1. The lowest BCUT2D eigenvalue weighted by Gasteiger charge is -2.16. The zero-order chi connectivity index (χ0) is 12.4. The highest BCUT2D eigenvalue weighted by molar-refractivity contribution is 5.84. The summed E-state index contributed by atoms with van der Waals surface area (Å²) in [5.74, 6) is -1.33. The second-order valence-electron chi connectivity index (χ2n) is 3.56. The molecule has 0 amide bonds. The summed E-state index contributed by atoms with van der Waals surface area (Å²) in [4.78, 5) is 31.6. The molecule has 0 aromatic carbocycles. The molecule has 1 aliphatic rings. The van der Waals surface area contributed by atoms with Crippen LogP contribution in [0.3, 0.4) is 0 Å². The van der Waals surface area contributed by atoms with Gasteiger partial charge in [-0.3, -0.25) is 4.79 Å². The fourth-order valence-corrected chi connectivity index (χ4v) is 1.40. The van der Waals surface area contributed by atoms with Gasteiger partial charge in [-0.15, -0.1) is 4.73 Å². The number of ether oxygens (including phenoxy) is 1. The van der Waals surface area contributed by atoms with Gasteiger partial charge in [0.05, 0.1) is 18.3 Å². The highest BCUT2D eigenvalue weighted by Gasteiger charge is 2.28. The molecule has 8 heteroatoms. The molecular weight excluding hydrogens is 228 g/mol. The van der Waals surface area contributed by atoms with Gasteiger partial charge in [-0.1, -0.05) is 0 Å². The minimum absolute atomic E-state index is 0.0845. The van der Waals surface area contributed by atoms with Gasteiger partial charge in [0.2, 0.25) is 0 Å². The van der Waals surface area contributed by atoms with Gasteiger partial charge in [0.15, 0.2) is 0 Å². The fourth-order valence-electron chi connectivity index (χ4n) is 1.40. The molecule has 0 bridgehead atoms. The van der Waals surface area contributed by atoms with E-state index in [4.69, 9.17) is 21.0 Å². The standard InChI is InChI=1S/C9H12N4O4/c10-2-1-5-4-12-9-13(5)17-8(15)6(11)3-7(14)16-9/h4,6H,1-3,10-11H2. The Kier molecular flexibility index (Phi) is 3.07. The van der Waals surface area contributed by atoms with Crippen molar-refractivity contribution in [3.63, 3.8) is 0 Å². The summed E-state index contributed by atoms with van der Waals surface area (Å²) >= 11 is 0. The van der Waals surface area contributed by atoms with Crippen molar-refractivity contribution in [2.24, 2.45) is 11.5 Å². The number of rotatable bonds is 2. The van der Waals surface area contributed by atoms with Crippen molar-refractivity contribution in [1.29, 1.82) is 0 Å². The van der Waals surface area contributed by atoms with Gasteiger partial charge in [0.25, 0.3) is 0 Å². The molecule has 0 saturated carbocycles. The van der Waals surface area contributed by atoms with Crippen LogP contribution in [0.25, 0.3) is 0 Å². The van der Waals surface area contributed by atoms with Crippen molar-refractivity contribution in [2.75, 3.05) is 6.54 Å². The van der Waals surface area contributed by atoms with Crippen molar-refractivity contribution >= 4 is 11.9 Å². The van der Waals surface area contributed by atoms with E-state index >= 15 is 0 Å². The first-order chi connectivity index (χ1) is 8.11. The predicted molar refractivity (Wildman–Crippen MR) is 54.8 cm³/mol. The number of hydrogen-bond donors (Lipinski definition) is 2. The van der Waals surface area contributed by atoms with Gasteiger partial charge < -0.3 is 21.0 Å². The van der Waals surface area contributed by atoms with Crippen LogP contribution in [-0.2, 0) is 16.0 Å².